The van der Waals surface area contributed by atoms with E-state index < -0.39 is 25.2 Å². The Labute approximate surface area is 155 Å². The molecule has 3 aliphatic rings. The Bertz CT molecular complexity index is 809. The van der Waals surface area contributed by atoms with Crippen molar-refractivity contribution in [2.24, 2.45) is 5.73 Å². The highest BCUT2D eigenvalue weighted by Crippen LogP contribution is 2.60. The first-order valence-electron chi connectivity index (χ1n) is 8.83. The largest absolute Gasteiger partial charge is 0.535 e. The molecule has 0 radical (unpaired) electrons. The molecule has 144 valence electrons. The van der Waals surface area contributed by atoms with Crippen molar-refractivity contribution in [3.8, 4) is 11.5 Å². The number of carbonyl (C=O) groups is 2. The van der Waals surface area contributed by atoms with Crippen molar-refractivity contribution in [2.45, 2.75) is 36.7 Å². The molecule has 2 aliphatic heterocycles. The second-order valence-corrected chi connectivity index (χ2v) is 7.70. The standard InChI is InChI=1S/C17H21BN2O7/c1-17(19,7-21)16(24)20-5-8(6-20)26-12-3-2-9-10-4-11(10)18(25)27-14(9)13(12)15(22)23/h2-3,8,10-11,21,25H,4-7,19H2,1H3,(H,22,23). The third kappa shape index (κ3) is 2.93. The number of hydrogen-bond acceptors (Lipinski definition) is 7. The minimum absolute atomic E-state index is 0.0224. The van der Waals surface area contributed by atoms with Gasteiger partial charge in [-0.05, 0) is 30.9 Å². The van der Waals surface area contributed by atoms with Crippen LogP contribution in [0.3, 0.4) is 0 Å². The molecule has 3 unspecified atom stereocenters. The van der Waals surface area contributed by atoms with Gasteiger partial charge in [-0.3, -0.25) is 4.79 Å². The molecule has 1 saturated heterocycles. The maximum atomic E-state index is 12.2. The normalized spacial score (nSPS) is 25.5. The van der Waals surface area contributed by atoms with Crippen LogP contribution in [0, 0.1) is 0 Å². The zero-order valence-corrected chi connectivity index (χ0v) is 14.8. The van der Waals surface area contributed by atoms with Crippen LogP contribution < -0.4 is 15.1 Å². The second kappa shape index (κ2) is 6.11. The summed E-state index contributed by atoms with van der Waals surface area (Å²) in [6, 6.07) is 3.38. The number of carbonyl (C=O) groups excluding carboxylic acids is 1. The van der Waals surface area contributed by atoms with Gasteiger partial charge in [-0.15, -0.1) is 0 Å². The molecule has 4 rings (SSSR count). The minimum Gasteiger partial charge on any atom is -0.535 e. The van der Waals surface area contributed by atoms with Crippen molar-refractivity contribution in [2.75, 3.05) is 19.7 Å². The SMILES string of the molecule is CC(N)(CO)C(=O)N1CC(Oc2ccc3c(c2C(=O)O)OB(O)C2CC32)C1. The molecule has 10 heteroatoms. The molecule has 1 saturated carbocycles. The molecule has 0 aromatic heterocycles. The Kier molecular flexibility index (Phi) is 4.10. The number of hydrogen-bond donors (Lipinski definition) is 4. The van der Waals surface area contributed by atoms with E-state index in [1.807, 2.05) is 0 Å². The maximum Gasteiger partial charge on any atom is 0.526 e. The summed E-state index contributed by atoms with van der Waals surface area (Å²) in [7, 11) is -1.01. The first-order chi connectivity index (χ1) is 12.7. The van der Waals surface area contributed by atoms with Crippen molar-refractivity contribution in [1.29, 1.82) is 0 Å². The van der Waals surface area contributed by atoms with Gasteiger partial charge in [0.1, 0.15) is 28.7 Å². The molecule has 1 aromatic carbocycles. The van der Waals surface area contributed by atoms with Crippen LogP contribution in [0.15, 0.2) is 12.1 Å². The van der Waals surface area contributed by atoms with E-state index in [1.165, 1.54) is 11.8 Å². The number of benzene rings is 1. The summed E-state index contributed by atoms with van der Waals surface area (Å²) in [5, 5.41) is 28.8. The van der Waals surface area contributed by atoms with Crippen LogP contribution >= 0.6 is 0 Å². The molecule has 27 heavy (non-hydrogen) atoms. The molecule has 2 fully saturated rings. The second-order valence-electron chi connectivity index (χ2n) is 7.70. The van der Waals surface area contributed by atoms with Crippen LogP contribution in [0.1, 0.15) is 35.2 Å². The van der Waals surface area contributed by atoms with Crippen LogP contribution in [-0.2, 0) is 4.79 Å². The number of aromatic carboxylic acids is 1. The third-order valence-electron chi connectivity index (χ3n) is 5.45. The van der Waals surface area contributed by atoms with E-state index in [1.54, 1.807) is 12.1 Å². The Hall–Kier alpha value is -2.30. The van der Waals surface area contributed by atoms with Gasteiger partial charge in [-0.2, -0.15) is 0 Å². The third-order valence-corrected chi connectivity index (χ3v) is 5.45. The van der Waals surface area contributed by atoms with E-state index in [0.717, 1.165) is 12.0 Å². The van der Waals surface area contributed by atoms with E-state index in [2.05, 4.69) is 0 Å². The Morgan fingerprint density at radius 1 is 1.44 bits per heavy atom. The molecule has 1 amide bonds. The smallest absolute Gasteiger partial charge is 0.526 e. The predicted octanol–water partition coefficient (Wildman–Crippen LogP) is -0.585. The lowest BCUT2D eigenvalue weighted by Crippen LogP contribution is -2.64. The number of likely N-dealkylation sites (tertiary alicyclic amines) is 1. The van der Waals surface area contributed by atoms with Gasteiger partial charge in [0.05, 0.1) is 19.7 Å². The molecular formula is C17H21BN2O7. The number of fused-ring (bicyclic) bond motifs is 3. The summed E-state index contributed by atoms with van der Waals surface area (Å²) >= 11 is 0. The number of nitrogens with zero attached hydrogens (tertiary/aromatic N) is 1. The van der Waals surface area contributed by atoms with Gasteiger partial charge in [0.25, 0.3) is 0 Å². The summed E-state index contributed by atoms with van der Waals surface area (Å²) in [5.74, 6) is -1.14. The van der Waals surface area contributed by atoms with Crippen molar-refractivity contribution < 1.29 is 34.2 Å². The molecule has 2 heterocycles. The first kappa shape index (κ1) is 18.1. The number of amides is 1. The lowest BCUT2D eigenvalue weighted by Gasteiger charge is -2.42. The Balaban J connectivity index is 1.50. The average molecular weight is 376 g/mol. The van der Waals surface area contributed by atoms with Crippen LogP contribution in [0.5, 0.6) is 11.5 Å². The van der Waals surface area contributed by atoms with E-state index >= 15 is 0 Å². The molecule has 5 N–H and O–H groups in total. The van der Waals surface area contributed by atoms with E-state index in [-0.39, 0.29) is 53.9 Å². The fourth-order valence-electron chi connectivity index (χ4n) is 3.68. The number of ether oxygens (including phenoxy) is 1. The lowest BCUT2D eigenvalue weighted by molar-refractivity contribution is -0.146. The van der Waals surface area contributed by atoms with Gasteiger partial charge < -0.3 is 35.3 Å². The van der Waals surface area contributed by atoms with Gasteiger partial charge in [-0.1, -0.05) is 6.07 Å². The van der Waals surface area contributed by atoms with Gasteiger partial charge in [0.2, 0.25) is 5.91 Å². The highest BCUT2D eigenvalue weighted by atomic mass is 16.5. The summed E-state index contributed by atoms with van der Waals surface area (Å²) in [5.41, 5.74) is 5.05. The average Bonchev–Trinajstić information content (AvgIpc) is 3.38. The quantitative estimate of drug-likeness (QED) is 0.500. The zero-order valence-electron chi connectivity index (χ0n) is 14.8. The Morgan fingerprint density at radius 2 is 2.15 bits per heavy atom. The monoisotopic (exact) mass is 376 g/mol. The van der Waals surface area contributed by atoms with Crippen molar-refractivity contribution >= 4 is 19.0 Å². The highest BCUT2D eigenvalue weighted by molar-refractivity contribution is 6.48. The molecule has 3 atom stereocenters. The van der Waals surface area contributed by atoms with E-state index in [0.29, 0.717) is 0 Å². The number of aliphatic hydroxyl groups is 1. The van der Waals surface area contributed by atoms with Crippen LogP contribution in [0.2, 0.25) is 5.82 Å². The number of nitrogens with two attached hydrogens (primary N) is 1. The number of rotatable bonds is 5. The van der Waals surface area contributed by atoms with Crippen LogP contribution in [0.25, 0.3) is 0 Å². The summed E-state index contributed by atoms with van der Waals surface area (Å²) in [6.45, 7) is 1.47. The molecule has 0 bridgehead atoms. The van der Waals surface area contributed by atoms with E-state index in [4.69, 9.17) is 15.1 Å². The lowest BCUT2D eigenvalue weighted by atomic mass is 9.77. The van der Waals surface area contributed by atoms with Gasteiger partial charge in [-0.25, -0.2) is 4.79 Å². The molecule has 9 nitrogen and oxygen atoms in total. The summed E-state index contributed by atoms with van der Waals surface area (Å²) in [6.07, 6.45) is 0.386. The minimum atomic E-state index is -1.35. The molecule has 0 spiro atoms. The van der Waals surface area contributed by atoms with Crippen molar-refractivity contribution in [3.05, 3.63) is 23.3 Å². The van der Waals surface area contributed by atoms with Crippen LogP contribution in [-0.4, -0.2) is 70.5 Å². The van der Waals surface area contributed by atoms with Gasteiger partial charge in [0.15, 0.2) is 0 Å². The fraction of sp³-hybridized carbons (Fsp3) is 0.529. The Morgan fingerprint density at radius 3 is 2.78 bits per heavy atom. The molecule has 1 aromatic rings. The first-order valence-corrected chi connectivity index (χ1v) is 8.83. The van der Waals surface area contributed by atoms with Gasteiger partial charge in [0, 0.05) is 5.82 Å². The highest BCUT2D eigenvalue weighted by Gasteiger charge is 2.54. The number of aliphatic hydroxyl groups excluding tert-OH is 1. The zero-order chi connectivity index (χ0) is 19.5. The topological polar surface area (TPSA) is 143 Å². The number of carboxylic acids is 1. The summed E-state index contributed by atoms with van der Waals surface area (Å²) < 4.78 is 11.2. The number of carboxylic acid groups (broad SMARTS) is 1. The molecular weight excluding hydrogens is 355 g/mol. The molecule has 1 aliphatic carbocycles. The van der Waals surface area contributed by atoms with E-state index in [9.17, 15) is 24.8 Å². The predicted molar refractivity (Wildman–Crippen MR) is 93.8 cm³/mol. The van der Waals surface area contributed by atoms with Gasteiger partial charge >= 0.3 is 13.1 Å². The fourth-order valence-corrected chi connectivity index (χ4v) is 3.68. The summed E-state index contributed by atoms with van der Waals surface area (Å²) in [4.78, 5) is 25.4. The van der Waals surface area contributed by atoms with Crippen molar-refractivity contribution in [1.82, 2.24) is 4.90 Å². The van der Waals surface area contributed by atoms with Crippen molar-refractivity contribution in [3.63, 3.8) is 0 Å². The van der Waals surface area contributed by atoms with Crippen LogP contribution in [0.4, 0.5) is 0 Å². The maximum absolute atomic E-state index is 12.2.